The summed E-state index contributed by atoms with van der Waals surface area (Å²) in [7, 11) is 0. The number of thiazole rings is 1. The van der Waals surface area contributed by atoms with Crippen LogP contribution in [0.25, 0.3) is 44.9 Å². The molecule has 6 rings (SSSR count). The molecule has 32 heavy (non-hydrogen) atoms. The lowest BCUT2D eigenvalue weighted by molar-refractivity contribution is 0.571. The summed E-state index contributed by atoms with van der Waals surface area (Å²) in [5.41, 5.74) is 2.37. The Labute approximate surface area is 190 Å². The van der Waals surface area contributed by atoms with E-state index < -0.39 is 0 Å². The highest BCUT2D eigenvalue weighted by Crippen LogP contribution is 2.31. The molecule has 0 spiro atoms. The maximum absolute atomic E-state index is 12.9. The fourth-order valence-electron chi connectivity index (χ4n) is 3.65. The summed E-state index contributed by atoms with van der Waals surface area (Å²) in [5, 5.41) is 6.08. The highest BCUT2D eigenvalue weighted by Gasteiger charge is 2.19. The Kier molecular flexibility index (Phi) is 4.28. The van der Waals surface area contributed by atoms with Crippen LogP contribution < -0.4 is 10.1 Å². The first-order valence-electron chi connectivity index (χ1n) is 9.82. The first-order valence-corrected chi connectivity index (χ1v) is 11.0. The van der Waals surface area contributed by atoms with Crippen molar-refractivity contribution in [3.63, 3.8) is 0 Å². The Morgan fingerprint density at radius 3 is 2.62 bits per heavy atom. The van der Waals surface area contributed by atoms with Gasteiger partial charge in [-0.15, -0.1) is 5.10 Å². The van der Waals surface area contributed by atoms with Gasteiger partial charge in [-0.2, -0.15) is 9.50 Å². The Morgan fingerprint density at radius 1 is 1.03 bits per heavy atom. The molecule has 0 aliphatic rings. The molecule has 2 aromatic carbocycles. The first-order chi connectivity index (χ1) is 15.6. The molecular formula is C24H14ClN3O3S. The SMILES string of the molecule is Cc1c(-c2nc3sc(=Cc4ccc(-c5ccc(Cl)cc5)o4)c(=O)n3n2)oc2ccccc12. The summed E-state index contributed by atoms with van der Waals surface area (Å²) in [6, 6.07) is 18.8. The van der Waals surface area contributed by atoms with Crippen molar-refractivity contribution in [2.45, 2.75) is 6.92 Å². The summed E-state index contributed by atoms with van der Waals surface area (Å²) in [6.07, 6.45) is 1.70. The highest BCUT2D eigenvalue weighted by molar-refractivity contribution is 7.15. The van der Waals surface area contributed by atoms with Crippen LogP contribution in [0.1, 0.15) is 11.3 Å². The van der Waals surface area contributed by atoms with E-state index in [2.05, 4.69) is 10.1 Å². The number of aryl methyl sites for hydroxylation is 1. The molecule has 4 heterocycles. The summed E-state index contributed by atoms with van der Waals surface area (Å²) in [4.78, 5) is 17.9. The second kappa shape index (κ2) is 7.19. The van der Waals surface area contributed by atoms with Crippen LogP contribution in [-0.4, -0.2) is 14.6 Å². The summed E-state index contributed by atoms with van der Waals surface area (Å²) < 4.78 is 13.6. The van der Waals surface area contributed by atoms with Crippen molar-refractivity contribution in [1.82, 2.24) is 14.6 Å². The number of halogens is 1. The van der Waals surface area contributed by atoms with E-state index in [0.717, 1.165) is 22.1 Å². The van der Waals surface area contributed by atoms with Gasteiger partial charge in [0.1, 0.15) is 21.6 Å². The average molecular weight is 460 g/mol. The minimum absolute atomic E-state index is 0.248. The molecule has 0 aliphatic carbocycles. The van der Waals surface area contributed by atoms with Crippen LogP contribution in [0.4, 0.5) is 0 Å². The highest BCUT2D eigenvalue weighted by atomic mass is 35.5. The monoisotopic (exact) mass is 459 g/mol. The zero-order chi connectivity index (χ0) is 21.8. The number of furan rings is 2. The Balaban J connectivity index is 1.39. The van der Waals surface area contributed by atoms with E-state index in [4.69, 9.17) is 20.4 Å². The first kappa shape index (κ1) is 19.0. The van der Waals surface area contributed by atoms with Gasteiger partial charge in [0.05, 0.1) is 0 Å². The molecule has 0 amide bonds. The van der Waals surface area contributed by atoms with E-state index >= 15 is 0 Å². The molecule has 4 aromatic heterocycles. The van der Waals surface area contributed by atoms with Gasteiger partial charge in [-0.05, 0) is 49.4 Å². The van der Waals surface area contributed by atoms with Crippen molar-refractivity contribution < 1.29 is 8.83 Å². The van der Waals surface area contributed by atoms with E-state index in [0.29, 0.717) is 37.6 Å². The minimum atomic E-state index is -0.248. The van der Waals surface area contributed by atoms with Crippen molar-refractivity contribution in [2.24, 2.45) is 0 Å². The zero-order valence-electron chi connectivity index (χ0n) is 16.7. The van der Waals surface area contributed by atoms with E-state index in [1.807, 2.05) is 55.5 Å². The van der Waals surface area contributed by atoms with Gasteiger partial charge in [-0.25, -0.2) is 0 Å². The van der Waals surface area contributed by atoms with Crippen molar-refractivity contribution in [3.05, 3.63) is 91.9 Å². The maximum Gasteiger partial charge on any atom is 0.291 e. The lowest BCUT2D eigenvalue weighted by Crippen LogP contribution is -2.23. The van der Waals surface area contributed by atoms with Crippen LogP contribution in [0.5, 0.6) is 0 Å². The fraction of sp³-hybridized carbons (Fsp3) is 0.0417. The maximum atomic E-state index is 12.9. The average Bonchev–Trinajstić information content (AvgIpc) is 3.55. The predicted molar refractivity (Wildman–Crippen MR) is 125 cm³/mol. The van der Waals surface area contributed by atoms with Gasteiger partial charge in [0, 0.05) is 27.6 Å². The minimum Gasteiger partial charge on any atom is -0.457 e. The summed E-state index contributed by atoms with van der Waals surface area (Å²) >= 11 is 7.20. The van der Waals surface area contributed by atoms with Gasteiger partial charge in [-0.1, -0.05) is 41.1 Å². The molecule has 6 aromatic rings. The third-order valence-corrected chi connectivity index (χ3v) is 6.47. The number of nitrogens with zero attached hydrogens (tertiary/aromatic N) is 3. The van der Waals surface area contributed by atoms with Gasteiger partial charge in [0.2, 0.25) is 10.8 Å². The molecule has 0 N–H and O–H groups in total. The Morgan fingerprint density at radius 2 is 1.84 bits per heavy atom. The number of fused-ring (bicyclic) bond motifs is 2. The van der Waals surface area contributed by atoms with Crippen molar-refractivity contribution in [1.29, 1.82) is 0 Å². The third-order valence-electron chi connectivity index (χ3n) is 5.26. The second-order valence-electron chi connectivity index (χ2n) is 7.31. The van der Waals surface area contributed by atoms with Gasteiger partial charge in [0.15, 0.2) is 5.76 Å². The van der Waals surface area contributed by atoms with Crippen LogP contribution in [0.2, 0.25) is 5.02 Å². The molecule has 0 fully saturated rings. The van der Waals surface area contributed by atoms with E-state index in [1.165, 1.54) is 15.9 Å². The normalized spacial score (nSPS) is 12.4. The summed E-state index contributed by atoms with van der Waals surface area (Å²) in [6.45, 7) is 1.96. The van der Waals surface area contributed by atoms with Crippen LogP contribution in [-0.2, 0) is 0 Å². The third kappa shape index (κ3) is 3.05. The van der Waals surface area contributed by atoms with Gasteiger partial charge in [-0.3, -0.25) is 4.79 Å². The lowest BCUT2D eigenvalue weighted by Gasteiger charge is -1.96. The zero-order valence-corrected chi connectivity index (χ0v) is 18.3. The molecule has 0 saturated carbocycles. The fourth-order valence-corrected chi connectivity index (χ4v) is 4.66. The molecule has 8 heteroatoms. The summed E-state index contributed by atoms with van der Waals surface area (Å²) in [5.74, 6) is 2.25. The van der Waals surface area contributed by atoms with Crippen molar-refractivity contribution in [2.75, 3.05) is 0 Å². The lowest BCUT2D eigenvalue weighted by atomic mass is 10.1. The standard InChI is InChI=1S/C24H14ClN3O3S/c1-13-17-4-2-3-5-19(17)31-21(13)22-26-24-28(27-22)23(29)20(32-24)12-16-10-11-18(30-16)14-6-8-15(25)9-7-14/h2-12H,1H3. The predicted octanol–water partition coefficient (Wildman–Crippen LogP) is 5.33. The smallest absolute Gasteiger partial charge is 0.291 e. The van der Waals surface area contributed by atoms with E-state index in [1.54, 1.807) is 18.2 Å². The number of hydrogen-bond donors (Lipinski definition) is 0. The number of aromatic nitrogens is 3. The molecule has 0 atom stereocenters. The Hall–Kier alpha value is -3.68. The van der Waals surface area contributed by atoms with Gasteiger partial charge < -0.3 is 8.83 Å². The van der Waals surface area contributed by atoms with Crippen molar-refractivity contribution >= 4 is 44.9 Å². The van der Waals surface area contributed by atoms with Gasteiger partial charge in [0.25, 0.3) is 5.56 Å². The number of benzene rings is 2. The molecule has 0 bridgehead atoms. The molecular weight excluding hydrogens is 446 g/mol. The van der Waals surface area contributed by atoms with E-state index in [9.17, 15) is 4.79 Å². The largest absolute Gasteiger partial charge is 0.457 e. The van der Waals surface area contributed by atoms with Crippen LogP contribution in [0, 0.1) is 6.92 Å². The molecule has 0 radical (unpaired) electrons. The molecule has 0 aliphatic heterocycles. The number of rotatable bonds is 3. The van der Waals surface area contributed by atoms with E-state index in [-0.39, 0.29) is 5.56 Å². The molecule has 6 nitrogen and oxygen atoms in total. The molecule has 156 valence electrons. The Bertz CT molecular complexity index is 1720. The number of para-hydroxylation sites is 1. The second-order valence-corrected chi connectivity index (χ2v) is 8.75. The molecule has 0 unspecified atom stereocenters. The van der Waals surface area contributed by atoms with Crippen molar-refractivity contribution in [3.8, 4) is 22.9 Å². The molecule has 0 saturated heterocycles. The van der Waals surface area contributed by atoms with Crippen LogP contribution in [0.3, 0.4) is 0 Å². The number of hydrogen-bond acceptors (Lipinski definition) is 6. The van der Waals surface area contributed by atoms with Crippen LogP contribution >= 0.6 is 22.9 Å². The van der Waals surface area contributed by atoms with Gasteiger partial charge >= 0.3 is 0 Å². The topological polar surface area (TPSA) is 73.5 Å². The quantitative estimate of drug-likeness (QED) is 0.357. The van der Waals surface area contributed by atoms with Crippen LogP contribution in [0.15, 0.2) is 74.3 Å².